The fourth-order valence-electron chi connectivity index (χ4n) is 3.87. The van der Waals surface area contributed by atoms with Gasteiger partial charge in [-0.15, -0.1) is 0 Å². The Balaban J connectivity index is 1.50. The molecule has 1 amide bonds. The van der Waals surface area contributed by atoms with Crippen molar-refractivity contribution in [3.05, 3.63) is 47.1 Å². The van der Waals surface area contributed by atoms with Crippen LogP contribution in [0, 0.1) is 5.92 Å². The Kier molecular flexibility index (Phi) is 4.53. The first kappa shape index (κ1) is 16.3. The molecule has 2 aromatic heterocycles. The number of pyridine rings is 1. The van der Waals surface area contributed by atoms with Gasteiger partial charge < -0.3 is 14.9 Å². The monoisotopic (exact) mass is 341 g/mol. The average molecular weight is 341 g/mol. The van der Waals surface area contributed by atoms with Crippen LogP contribution in [0.4, 0.5) is 0 Å². The lowest BCUT2D eigenvalue weighted by Gasteiger charge is -2.38. The van der Waals surface area contributed by atoms with Gasteiger partial charge in [0.1, 0.15) is 0 Å². The molecular formula is C19H23N3O3. The lowest BCUT2D eigenvalue weighted by Crippen LogP contribution is -2.48. The molecule has 2 aliphatic carbocycles. The van der Waals surface area contributed by atoms with Crippen LogP contribution in [-0.4, -0.2) is 33.3 Å². The maximum atomic E-state index is 12.8. The van der Waals surface area contributed by atoms with E-state index in [-0.39, 0.29) is 24.0 Å². The van der Waals surface area contributed by atoms with E-state index in [1.54, 1.807) is 12.4 Å². The largest absolute Gasteiger partial charge is 0.393 e. The summed E-state index contributed by atoms with van der Waals surface area (Å²) in [6.07, 6.45) is 9.37. The second-order valence-electron chi connectivity index (χ2n) is 7.17. The Morgan fingerprint density at radius 1 is 1.28 bits per heavy atom. The molecule has 25 heavy (non-hydrogen) atoms. The molecule has 1 saturated carbocycles. The minimum absolute atomic E-state index is 0.0253. The van der Waals surface area contributed by atoms with Gasteiger partial charge in [-0.25, -0.2) is 0 Å². The zero-order valence-corrected chi connectivity index (χ0v) is 14.1. The van der Waals surface area contributed by atoms with E-state index in [0.717, 1.165) is 61.8 Å². The summed E-state index contributed by atoms with van der Waals surface area (Å²) in [5, 5.41) is 16.9. The Morgan fingerprint density at radius 2 is 2.04 bits per heavy atom. The number of nitrogens with zero attached hydrogens (tertiary/aromatic N) is 2. The minimum atomic E-state index is -0.250. The van der Waals surface area contributed by atoms with E-state index >= 15 is 0 Å². The van der Waals surface area contributed by atoms with E-state index in [1.165, 1.54) is 0 Å². The second kappa shape index (κ2) is 6.96. The third-order valence-electron chi connectivity index (χ3n) is 5.41. The number of amides is 1. The highest BCUT2D eigenvalue weighted by Gasteiger charge is 2.36. The summed E-state index contributed by atoms with van der Waals surface area (Å²) in [6.45, 7) is 0. The van der Waals surface area contributed by atoms with Gasteiger partial charge in [-0.2, -0.15) is 0 Å². The zero-order valence-electron chi connectivity index (χ0n) is 14.1. The van der Waals surface area contributed by atoms with E-state index in [9.17, 15) is 9.90 Å². The number of fused-ring (bicyclic) bond motifs is 1. The summed E-state index contributed by atoms with van der Waals surface area (Å²) >= 11 is 0. The normalized spacial score (nSPS) is 23.4. The molecule has 0 spiro atoms. The highest BCUT2D eigenvalue weighted by atomic mass is 16.5. The molecule has 0 bridgehead atoms. The van der Waals surface area contributed by atoms with Crippen LogP contribution in [0.2, 0.25) is 0 Å². The van der Waals surface area contributed by atoms with Crippen molar-refractivity contribution in [1.82, 2.24) is 15.5 Å². The first-order valence-corrected chi connectivity index (χ1v) is 9.06. The predicted octanol–water partition coefficient (Wildman–Crippen LogP) is 2.06. The number of carbonyl (C=O) groups excluding carboxylic acids is 1. The third kappa shape index (κ3) is 3.44. The number of aromatic nitrogens is 2. The lowest BCUT2D eigenvalue weighted by atomic mass is 9.75. The molecule has 1 atom stereocenters. The summed E-state index contributed by atoms with van der Waals surface area (Å²) in [4.78, 5) is 16.8. The summed E-state index contributed by atoms with van der Waals surface area (Å²) < 4.78 is 5.36. The van der Waals surface area contributed by atoms with Gasteiger partial charge in [-0.05, 0) is 68.6 Å². The van der Waals surface area contributed by atoms with Gasteiger partial charge in [0.15, 0.2) is 0 Å². The van der Waals surface area contributed by atoms with Crippen LogP contribution < -0.4 is 5.32 Å². The molecule has 2 aromatic rings. The van der Waals surface area contributed by atoms with Crippen LogP contribution in [0.1, 0.15) is 53.1 Å². The maximum absolute atomic E-state index is 12.8. The van der Waals surface area contributed by atoms with Crippen molar-refractivity contribution >= 4 is 5.91 Å². The van der Waals surface area contributed by atoms with Crippen molar-refractivity contribution in [2.45, 2.75) is 57.1 Å². The van der Waals surface area contributed by atoms with Crippen LogP contribution in [0.3, 0.4) is 0 Å². The maximum Gasteiger partial charge on any atom is 0.290 e. The molecule has 6 nitrogen and oxygen atoms in total. The topological polar surface area (TPSA) is 88.2 Å². The number of aliphatic hydroxyl groups is 1. The fraction of sp³-hybridized carbons (Fsp3) is 0.526. The van der Waals surface area contributed by atoms with E-state index < -0.39 is 0 Å². The predicted molar refractivity (Wildman–Crippen MR) is 91.1 cm³/mol. The number of nitrogens with one attached hydrogen (secondary N) is 1. The van der Waals surface area contributed by atoms with Gasteiger partial charge in [-0.1, -0.05) is 5.16 Å². The molecule has 0 aliphatic heterocycles. The first-order chi connectivity index (χ1) is 12.2. The van der Waals surface area contributed by atoms with Crippen LogP contribution in [0.15, 0.2) is 29.0 Å². The molecule has 0 aromatic carbocycles. The van der Waals surface area contributed by atoms with E-state index in [2.05, 4.69) is 15.5 Å². The Morgan fingerprint density at radius 3 is 2.80 bits per heavy atom. The van der Waals surface area contributed by atoms with Crippen LogP contribution >= 0.6 is 0 Å². The van der Waals surface area contributed by atoms with Crippen molar-refractivity contribution in [3.63, 3.8) is 0 Å². The molecule has 4 rings (SSSR count). The highest BCUT2D eigenvalue weighted by Crippen LogP contribution is 2.32. The number of carbonyl (C=O) groups is 1. The van der Waals surface area contributed by atoms with Crippen LogP contribution in [0.25, 0.3) is 0 Å². The van der Waals surface area contributed by atoms with Crippen molar-refractivity contribution in [3.8, 4) is 0 Å². The molecule has 6 heteroatoms. The van der Waals surface area contributed by atoms with E-state index in [1.807, 2.05) is 12.1 Å². The van der Waals surface area contributed by atoms with Crippen LogP contribution in [-0.2, 0) is 19.3 Å². The molecule has 2 heterocycles. The Labute approximate surface area is 146 Å². The van der Waals surface area contributed by atoms with Crippen molar-refractivity contribution in [1.29, 1.82) is 0 Å². The smallest absolute Gasteiger partial charge is 0.290 e. The van der Waals surface area contributed by atoms with Gasteiger partial charge in [-0.3, -0.25) is 9.78 Å². The van der Waals surface area contributed by atoms with Gasteiger partial charge in [0.25, 0.3) is 5.91 Å². The molecule has 2 aliphatic rings. The average Bonchev–Trinajstić information content (AvgIpc) is 3.03. The van der Waals surface area contributed by atoms with Crippen molar-refractivity contribution in [2.24, 2.45) is 5.92 Å². The molecule has 0 radical (unpaired) electrons. The van der Waals surface area contributed by atoms with Gasteiger partial charge in [0.05, 0.1) is 11.8 Å². The second-order valence-corrected chi connectivity index (χ2v) is 7.17. The SMILES string of the molecule is O=C(N[C@@H](Cc1ccncc1)C1CC(O)C1)c1onc2c1CCCC2. The van der Waals surface area contributed by atoms with Crippen molar-refractivity contribution < 1.29 is 14.4 Å². The summed E-state index contributed by atoms with van der Waals surface area (Å²) in [5.41, 5.74) is 3.03. The molecule has 0 unspecified atom stereocenters. The summed E-state index contributed by atoms with van der Waals surface area (Å²) in [6, 6.07) is 3.90. The number of aryl methyl sites for hydroxylation is 1. The number of hydrogen-bond donors (Lipinski definition) is 2. The van der Waals surface area contributed by atoms with E-state index in [4.69, 9.17) is 4.52 Å². The summed E-state index contributed by atoms with van der Waals surface area (Å²) in [7, 11) is 0. The molecule has 1 fully saturated rings. The molecule has 2 N–H and O–H groups in total. The minimum Gasteiger partial charge on any atom is -0.393 e. The first-order valence-electron chi connectivity index (χ1n) is 9.06. The van der Waals surface area contributed by atoms with Crippen LogP contribution in [0.5, 0.6) is 0 Å². The lowest BCUT2D eigenvalue weighted by molar-refractivity contribution is 0.0235. The number of hydrogen-bond acceptors (Lipinski definition) is 5. The van der Waals surface area contributed by atoms with Gasteiger partial charge in [0, 0.05) is 24.0 Å². The summed E-state index contributed by atoms with van der Waals surface area (Å²) in [5.74, 6) is 0.469. The van der Waals surface area contributed by atoms with Gasteiger partial charge >= 0.3 is 0 Å². The van der Waals surface area contributed by atoms with Gasteiger partial charge in [0.2, 0.25) is 5.76 Å². The molecule has 132 valence electrons. The quantitative estimate of drug-likeness (QED) is 0.869. The third-order valence-corrected chi connectivity index (χ3v) is 5.41. The zero-order chi connectivity index (χ0) is 17.2. The molecular weight excluding hydrogens is 318 g/mol. The van der Waals surface area contributed by atoms with E-state index in [0.29, 0.717) is 5.76 Å². The van der Waals surface area contributed by atoms with Crippen molar-refractivity contribution in [2.75, 3.05) is 0 Å². The molecule has 0 saturated heterocycles. The number of aliphatic hydroxyl groups excluding tert-OH is 1. The standard InChI is InChI=1S/C19H23N3O3/c23-14-10-13(11-14)17(9-12-5-7-20-8-6-12)21-19(24)18-15-3-1-2-4-16(15)22-25-18/h5-8,13-14,17,23H,1-4,9-11H2,(H,21,24)/t13?,14?,17-/m0/s1. The Bertz CT molecular complexity index is 738. The Hall–Kier alpha value is -2.21. The highest BCUT2D eigenvalue weighted by molar-refractivity contribution is 5.93. The number of rotatable bonds is 5. The fourth-order valence-corrected chi connectivity index (χ4v) is 3.87.